The Morgan fingerprint density at radius 1 is 0.884 bits per heavy atom. The molecule has 0 radical (unpaired) electrons. The van der Waals surface area contributed by atoms with Gasteiger partial charge in [-0.25, -0.2) is 28.6 Å². The molecule has 7 atom stereocenters. The first-order valence-electron chi connectivity index (χ1n) is 22.6. The molecule has 69 heavy (non-hydrogen) atoms. The van der Waals surface area contributed by atoms with E-state index in [4.69, 9.17) is 19.5 Å². The van der Waals surface area contributed by atoms with E-state index in [1.165, 1.54) is 33.1 Å². The van der Waals surface area contributed by atoms with Gasteiger partial charge in [0.25, 0.3) is 0 Å². The highest BCUT2D eigenvalue weighted by Crippen LogP contribution is 2.61. The highest BCUT2D eigenvalue weighted by molar-refractivity contribution is 8.13. The second-order valence-electron chi connectivity index (χ2n) is 16.6. The molecule has 0 bridgehead atoms. The van der Waals surface area contributed by atoms with Crippen LogP contribution in [0.25, 0.3) is 11.2 Å². The Morgan fingerprint density at radius 2 is 1.52 bits per heavy atom. The topological polar surface area (TPSA) is 364 Å². The lowest BCUT2D eigenvalue weighted by Crippen LogP contribution is -2.46. The zero-order chi connectivity index (χ0) is 51.1. The molecule has 0 aliphatic carbocycles. The lowest BCUT2D eigenvalue weighted by molar-refractivity contribution is -0.137. The summed E-state index contributed by atoms with van der Waals surface area (Å²) in [5.74, 6) is -1.05. The number of thioether (sulfide) groups is 1. The highest BCUT2D eigenvalue weighted by atomic mass is 32.2. The van der Waals surface area contributed by atoms with Crippen LogP contribution in [0.3, 0.4) is 0 Å². The summed E-state index contributed by atoms with van der Waals surface area (Å²) in [4.78, 5) is 88.4. The van der Waals surface area contributed by atoms with Crippen molar-refractivity contribution in [2.75, 3.05) is 37.8 Å². The summed E-state index contributed by atoms with van der Waals surface area (Å²) in [6, 6.07) is 0. The van der Waals surface area contributed by atoms with Crippen LogP contribution in [0.5, 0.6) is 0 Å². The number of hydrogen-bond acceptors (Lipinski definition) is 18. The quantitative estimate of drug-likeness (QED) is 0.0252. The third-order valence-corrected chi connectivity index (χ3v) is 14.3. The molecular weight excluding hydrogens is 987 g/mol. The molecule has 0 spiro atoms. The molecule has 4 unspecified atom stereocenters. The number of nitrogens with two attached hydrogens (primary N) is 1. The Morgan fingerprint density at radius 3 is 2.19 bits per heavy atom. The summed E-state index contributed by atoms with van der Waals surface area (Å²) < 4.78 is 62.4. The molecule has 1 aliphatic heterocycles. The molecule has 0 saturated carbocycles. The number of aliphatic hydroxyl groups is 2. The van der Waals surface area contributed by atoms with E-state index in [9.17, 15) is 57.9 Å². The number of nitrogens with zero attached hydrogens (tertiary/aromatic N) is 4. The number of nitrogen functional groups attached to an aromatic ring is 1. The summed E-state index contributed by atoms with van der Waals surface area (Å²) in [6.45, 7) is 2.75. The monoisotopic (exact) mass is 1060 g/mol. The molecule has 2 aromatic heterocycles. The van der Waals surface area contributed by atoms with E-state index in [1.54, 1.807) is 0 Å². The van der Waals surface area contributed by atoms with Crippen molar-refractivity contribution >= 4 is 69.1 Å². The highest BCUT2D eigenvalue weighted by Gasteiger charge is 2.50. The van der Waals surface area contributed by atoms with Gasteiger partial charge in [0.05, 0.1) is 19.5 Å². The van der Waals surface area contributed by atoms with Gasteiger partial charge in [0.15, 0.2) is 22.8 Å². The van der Waals surface area contributed by atoms with Crippen LogP contribution >= 0.6 is 35.2 Å². The molecule has 24 nitrogen and oxygen atoms in total. The second kappa shape index (κ2) is 30.0. The SMILES string of the molecule is CCCCC/C=C\C/C=C\C/C=C\CCCCCCC(=O)SCCNC(=O)CCNC(=O)[C@H](O)C(C)(C)COP(=O)(O)OP(=O)(O)OC[C@H]1O[C@@H](n2cnc3c(N)ncnc32)C(O)C1OP(=O)(O)O. The molecule has 2 amide bonds. The van der Waals surface area contributed by atoms with Crippen molar-refractivity contribution in [3.8, 4) is 0 Å². The number of phosphoric acid groups is 3. The van der Waals surface area contributed by atoms with Crippen LogP contribution in [0, 0.1) is 5.41 Å². The first-order chi connectivity index (χ1) is 32.6. The Bertz CT molecular complexity index is 2170. The number of rotatable bonds is 34. The first kappa shape index (κ1) is 60.1. The second-order valence-corrected chi connectivity index (χ2v) is 22.0. The van der Waals surface area contributed by atoms with E-state index in [-0.39, 0.29) is 41.6 Å². The Kier molecular flexibility index (Phi) is 26.1. The van der Waals surface area contributed by atoms with Gasteiger partial charge in [0, 0.05) is 37.1 Å². The third kappa shape index (κ3) is 22.8. The van der Waals surface area contributed by atoms with E-state index in [2.05, 4.69) is 77.8 Å². The maximum absolute atomic E-state index is 12.7. The largest absolute Gasteiger partial charge is 0.481 e. The van der Waals surface area contributed by atoms with Crippen LogP contribution in [0.1, 0.15) is 110 Å². The zero-order valence-electron chi connectivity index (χ0n) is 39.0. The maximum atomic E-state index is 12.7. The van der Waals surface area contributed by atoms with Crippen molar-refractivity contribution < 1.29 is 80.5 Å². The molecule has 1 saturated heterocycles. The van der Waals surface area contributed by atoms with Crippen LogP contribution in [-0.2, 0) is 50.7 Å². The molecule has 0 aromatic carbocycles. The van der Waals surface area contributed by atoms with Crippen molar-refractivity contribution in [2.24, 2.45) is 5.41 Å². The van der Waals surface area contributed by atoms with Crippen LogP contribution in [0.4, 0.5) is 5.82 Å². The molecule has 2 aromatic rings. The number of carbonyl (C=O) groups is 3. The predicted molar refractivity (Wildman–Crippen MR) is 256 cm³/mol. The molecule has 28 heteroatoms. The van der Waals surface area contributed by atoms with Crippen LogP contribution < -0.4 is 16.4 Å². The summed E-state index contributed by atoms with van der Waals surface area (Å²) in [5, 5.41) is 26.6. The lowest BCUT2D eigenvalue weighted by Gasteiger charge is -2.30. The predicted octanol–water partition coefficient (Wildman–Crippen LogP) is 5.03. The van der Waals surface area contributed by atoms with Gasteiger partial charge in [-0.2, -0.15) is 4.31 Å². The molecular formula is C41H68N7O17P3S. The minimum atomic E-state index is -5.58. The van der Waals surface area contributed by atoms with Crippen molar-refractivity contribution in [1.82, 2.24) is 30.2 Å². The standard InChI is InChI=1S/C41H68N7O17P3S/c1-4-5-6-7-8-9-10-11-12-13-14-15-16-17-18-19-20-21-32(50)69-25-24-43-31(49)22-23-44-39(53)36(52)41(2,3)27-62-68(59,60)65-67(57,58)61-26-30-35(64-66(54,55)56)34(51)40(63-30)48-29-47-33-37(42)45-28-46-38(33)48/h8-9,11-12,14-15,28-30,34-36,40,51-52H,4-7,10,13,16-27H2,1-3H3,(H,43,49)(H,44,53)(H,57,58)(H,59,60)(H2,42,45,46)(H2,54,55,56)/b9-8-,12-11-,15-14-/t30-,34?,35?,36+,40-/m1/s1. The van der Waals surface area contributed by atoms with Crippen molar-refractivity contribution in [3.63, 3.8) is 0 Å². The fraction of sp³-hybridized carbons (Fsp3) is 0.659. The van der Waals surface area contributed by atoms with Crippen molar-refractivity contribution in [2.45, 2.75) is 135 Å². The number of aromatic nitrogens is 4. The number of imidazole rings is 1. The fourth-order valence-corrected chi connectivity index (χ4v) is 10.1. The third-order valence-electron chi connectivity index (χ3n) is 10.3. The van der Waals surface area contributed by atoms with Crippen molar-refractivity contribution in [1.29, 1.82) is 0 Å². The average molecular weight is 1060 g/mol. The Hall–Kier alpha value is -3.22. The molecule has 10 N–H and O–H groups in total. The van der Waals surface area contributed by atoms with Crippen LogP contribution in [-0.4, -0.2) is 123 Å². The van der Waals surface area contributed by atoms with Gasteiger partial charge in [0.2, 0.25) is 11.8 Å². The minimum Gasteiger partial charge on any atom is -0.386 e. The molecule has 3 heterocycles. The number of unbranched alkanes of at least 4 members (excludes halogenated alkanes) is 7. The number of amides is 2. The Balaban J connectivity index is 1.29. The number of carbonyl (C=O) groups excluding carboxylic acids is 3. The number of aliphatic hydroxyl groups excluding tert-OH is 2. The molecule has 1 fully saturated rings. The zero-order valence-corrected chi connectivity index (χ0v) is 42.5. The maximum Gasteiger partial charge on any atom is 0.481 e. The number of anilines is 1. The number of fused-ring (bicyclic) bond motifs is 1. The summed E-state index contributed by atoms with van der Waals surface area (Å²) in [6.07, 6.45) is 18.5. The van der Waals surface area contributed by atoms with Gasteiger partial charge >= 0.3 is 23.5 Å². The van der Waals surface area contributed by atoms with Crippen molar-refractivity contribution in [3.05, 3.63) is 49.1 Å². The summed E-state index contributed by atoms with van der Waals surface area (Å²) in [5.41, 5.74) is 4.28. The van der Waals surface area contributed by atoms with Gasteiger partial charge in [-0.15, -0.1) is 0 Å². The average Bonchev–Trinajstić information content (AvgIpc) is 3.84. The minimum absolute atomic E-state index is 0.0317. The smallest absolute Gasteiger partial charge is 0.386 e. The lowest BCUT2D eigenvalue weighted by atomic mass is 9.87. The van der Waals surface area contributed by atoms with Gasteiger partial charge in [-0.05, 0) is 44.9 Å². The van der Waals surface area contributed by atoms with E-state index >= 15 is 0 Å². The van der Waals surface area contributed by atoms with E-state index < -0.39 is 84.6 Å². The molecule has 390 valence electrons. The van der Waals surface area contributed by atoms with Crippen LogP contribution in [0.2, 0.25) is 0 Å². The molecule has 1 aliphatic rings. The summed E-state index contributed by atoms with van der Waals surface area (Å²) >= 11 is 1.14. The van der Waals surface area contributed by atoms with Gasteiger partial charge in [-0.1, -0.05) is 94.7 Å². The van der Waals surface area contributed by atoms with Gasteiger partial charge < -0.3 is 50.9 Å². The van der Waals surface area contributed by atoms with Gasteiger partial charge in [-0.3, -0.25) is 32.5 Å². The number of hydrogen-bond donors (Lipinski definition) is 9. The normalized spacial score (nSPS) is 20.2. The van der Waals surface area contributed by atoms with E-state index in [0.29, 0.717) is 12.2 Å². The van der Waals surface area contributed by atoms with E-state index in [0.717, 1.165) is 80.4 Å². The number of ether oxygens (including phenoxy) is 1. The van der Waals surface area contributed by atoms with Crippen LogP contribution in [0.15, 0.2) is 49.1 Å². The first-order valence-corrected chi connectivity index (χ1v) is 28.1. The number of allylic oxidation sites excluding steroid dienone is 6. The van der Waals surface area contributed by atoms with Gasteiger partial charge in [0.1, 0.15) is 36.3 Å². The number of nitrogens with one attached hydrogen (secondary N) is 2. The Labute approximate surface area is 405 Å². The molecule has 3 rings (SSSR count). The summed E-state index contributed by atoms with van der Waals surface area (Å²) in [7, 11) is -16.4. The number of phosphoric ester groups is 3. The van der Waals surface area contributed by atoms with E-state index in [1.807, 2.05) is 0 Å². The fourth-order valence-electron chi connectivity index (χ4n) is 6.54.